The molecule has 0 fully saturated rings. The first-order valence-electron chi connectivity index (χ1n) is 9.33. The van der Waals surface area contributed by atoms with E-state index >= 15 is 0 Å². The van der Waals surface area contributed by atoms with Crippen LogP contribution in [-0.4, -0.2) is 3.21 Å². The van der Waals surface area contributed by atoms with Crippen molar-refractivity contribution in [2.45, 2.75) is 52.9 Å². The molecule has 2 aliphatic rings. The number of allylic oxidation sites excluding steroid dienone is 4. The molecule has 0 N–H and O–H groups in total. The second-order valence-corrected chi connectivity index (χ2v) is 10.8. The van der Waals surface area contributed by atoms with Crippen molar-refractivity contribution in [3.05, 3.63) is 76.9 Å². The molecule has 0 heterocycles. The molecule has 0 saturated heterocycles. The van der Waals surface area contributed by atoms with Gasteiger partial charge in [0.25, 0.3) is 0 Å². The summed E-state index contributed by atoms with van der Waals surface area (Å²) < 4.78 is 1.51. The van der Waals surface area contributed by atoms with Crippen LogP contribution in [0.25, 0.3) is 16.7 Å². The third-order valence-corrected chi connectivity index (χ3v) is 4.73. The normalized spacial score (nSPS) is 13.3. The molecule has 3 heteroatoms. The van der Waals surface area contributed by atoms with E-state index in [1.54, 1.807) is 24.2 Å². The molecular formula is C25H27Cl2Zr-. The third kappa shape index (κ3) is 5.65. The molecule has 2 aliphatic carbocycles. The van der Waals surface area contributed by atoms with E-state index in [0.717, 1.165) is 12.8 Å². The van der Waals surface area contributed by atoms with Gasteiger partial charge in [-0.2, -0.15) is 0 Å². The molecule has 28 heavy (non-hydrogen) atoms. The van der Waals surface area contributed by atoms with E-state index in [9.17, 15) is 0 Å². The summed E-state index contributed by atoms with van der Waals surface area (Å²) in [7, 11) is 0. The average Bonchev–Trinajstić information content (AvgIpc) is 3.19. The Morgan fingerprint density at radius 1 is 1.04 bits per heavy atom. The van der Waals surface area contributed by atoms with Gasteiger partial charge in [0.05, 0.1) is 0 Å². The molecule has 4 rings (SSSR count). The molecule has 0 nitrogen and oxygen atoms in total. The molecule has 0 amide bonds. The Morgan fingerprint density at radius 3 is 2.25 bits per heavy atom. The second-order valence-electron chi connectivity index (χ2n) is 8.36. The Kier molecular flexibility index (Phi) is 9.33. The minimum atomic E-state index is 0. The third-order valence-electron chi connectivity index (χ3n) is 4.73. The molecule has 0 radical (unpaired) electrons. The number of hydrogen-bond donors (Lipinski definition) is 0. The molecule has 0 saturated carbocycles. The van der Waals surface area contributed by atoms with Gasteiger partial charge in [-0.15, -0.1) is 40.5 Å². The molecule has 0 aromatic heterocycles. The van der Waals surface area contributed by atoms with Crippen LogP contribution in [-0.2, 0) is 36.1 Å². The molecule has 0 bridgehead atoms. The minimum absolute atomic E-state index is 0. The van der Waals surface area contributed by atoms with Crippen LogP contribution in [0.1, 0.15) is 63.3 Å². The Labute approximate surface area is 197 Å². The zero-order chi connectivity index (χ0) is 18.9. The molecule has 0 spiro atoms. The summed E-state index contributed by atoms with van der Waals surface area (Å²) in [5.41, 5.74) is 9.84. The van der Waals surface area contributed by atoms with Crippen molar-refractivity contribution in [3.8, 4) is 11.1 Å². The maximum absolute atomic E-state index is 3.78. The van der Waals surface area contributed by atoms with Crippen molar-refractivity contribution in [2.24, 2.45) is 0 Å². The summed E-state index contributed by atoms with van der Waals surface area (Å²) in [6, 6.07) is 15.0. The monoisotopic (exact) mass is 487 g/mol. The standard InChI is InChI=1S/C22H21.C3H6.2ClH.Zr/c1-22(2,3)21-14-19-17(12-16-10-6-7-11-18(16)19)13-20(21)15-8-4-5-9-15;1-3-2;;;/h4-8,10-11,14H,9,12H2,1-3H3;1-2H3;2*1H;/q-1;;;;+2/p-2. The maximum Gasteiger partial charge on any atom is -1.00 e. The van der Waals surface area contributed by atoms with Crippen LogP contribution >= 0.6 is 0 Å². The molecule has 0 aliphatic heterocycles. The first kappa shape index (κ1) is 25.3. The van der Waals surface area contributed by atoms with E-state index in [1.807, 2.05) is 0 Å². The van der Waals surface area contributed by atoms with Crippen molar-refractivity contribution in [1.29, 1.82) is 0 Å². The van der Waals surface area contributed by atoms with Crippen LogP contribution in [0.2, 0.25) is 0 Å². The van der Waals surface area contributed by atoms with Crippen LogP contribution in [0.4, 0.5) is 0 Å². The van der Waals surface area contributed by atoms with Crippen LogP contribution in [0.15, 0.2) is 48.6 Å². The van der Waals surface area contributed by atoms with Crippen molar-refractivity contribution < 1.29 is 49.0 Å². The predicted octanol–water partition coefficient (Wildman–Crippen LogP) is 0.452. The van der Waals surface area contributed by atoms with E-state index in [1.165, 1.54) is 42.2 Å². The summed E-state index contributed by atoms with van der Waals surface area (Å²) in [6.07, 6.45) is 8.69. The summed E-state index contributed by atoms with van der Waals surface area (Å²) >= 11 is 1.55. The smallest absolute Gasteiger partial charge is 1.00 e. The molecule has 2 aromatic rings. The van der Waals surface area contributed by atoms with Gasteiger partial charge in [0.1, 0.15) is 0 Å². The Hall–Kier alpha value is -0.747. The fourth-order valence-corrected chi connectivity index (χ4v) is 3.57. The van der Waals surface area contributed by atoms with Gasteiger partial charge < -0.3 is 24.8 Å². The summed E-state index contributed by atoms with van der Waals surface area (Å²) in [6.45, 7) is 11.2. The summed E-state index contributed by atoms with van der Waals surface area (Å²) in [5, 5.41) is 0. The fourth-order valence-electron chi connectivity index (χ4n) is 3.57. The Morgan fingerprint density at radius 2 is 1.68 bits per heavy atom. The zero-order valence-corrected chi connectivity index (χ0v) is 21.3. The Balaban J connectivity index is 0.000000601. The van der Waals surface area contributed by atoms with E-state index in [-0.39, 0.29) is 30.2 Å². The number of hydrogen-bond acceptors (Lipinski definition) is 0. The van der Waals surface area contributed by atoms with Gasteiger partial charge in [-0.3, -0.25) is 0 Å². The number of halogens is 2. The quantitative estimate of drug-likeness (QED) is 0.436. The zero-order valence-electron chi connectivity index (χ0n) is 17.3. The van der Waals surface area contributed by atoms with Crippen molar-refractivity contribution in [3.63, 3.8) is 0 Å². The largest absolute Gasteiger partial charge is 1.00 e. The number of rotatable bonds is 1. The minimum Gasteiger partial charge on any atom is -1.00 e. The Bertz CT molecular complexity index is 911. The van der Waals surface area contributed by atoms with Gasteiger partial charge in [0.15, 0.2) is 0 Å². The van der Waals surface area contributed by atoms with E-state index < -0.39 is 0 Å². The average molecular weight is 490 g/mol. The predicted molar refractivity (Wildman–Crippen MR) is 110 cm³/mol. The SMILES string of the molecule is CC(C)(C)c1cc2c([c-]c1C1=CC=CC1)Cc1ccccc1-2.C[C](C)=[Zr+2].[Cl-].[Cl-]. The second kappa shape index (κ2) is 10.3. The van der Waals surface area contributed by atoms with E-state index in [4.69, 9.17) is 0 Å². The van der Waals surface area contributed by atoms with Gasteiger partial charge in [-0.05, 0) is 23.8 Å². The number of fused-ring (bicyclic) bond motifs is 3. The van der Waals surface area contributed by atoms with Crippen molar-refractivity contribution >= 4 is 8.78 Å². The number of benzene rings is 2. The maximum atomic E-state index is 3.78. The van der Waals surface area contributed by atoms with Gasteiger partial charge in [0.2, 0.25) is 0 Å². The molecule has 146 valence electrons. The topological polar surface area (TPSA) is 0 Å². The fraction of sp³-hybridized carbons (Fsp3) is 0.320. The van der Waals surface area contributed by atoms with E-state index in [2.05, 4.69) is 89.2 Å². The van der Waals surface area contributed by atoms with Crippen molar-refractivity contribution in [2.75, 3.05) is 0 Å². The van der Waals surface area contributed by atoms with Gasteiger partial charge in [-0.25, -0.2) is 0 Å². The molecule has 0 unspecified atom stereocenters. The van der Waals surface area contributed by atoms with Crippen LogP contribution in [0.5, 0.6) is 0 Å². The molecular weight excluding hydrogens is 462 g/mol. The first-order chi connectivity index (χ1) is 12.3. The first-order valence-corrected chi connectivity index (χ1v) is 10.6. The summed E-state index contributed by atoms with van der Waals surface area (Å²) in [4.78, 5) is 0. The van der Waals surface area contributed by atoms with E-state index in [0.29, 0.717) is 0 Å². The molecule has 0 atom stereocenters. The van der Waals surface area contributed by atoms with Crippen LogP contribution in [0.3, 0.4) is 0 Å². The van der Waals surface area contributed by atoms with Crippen LogP contribution < -0.4 is 24.8 Å². The van der Waals surface area contributed by atoms with Gasteiger partial charge >= 0.3 is 41.3 Å². The molecule has 2 aromatic carbocycles. The van der Waals surface area contributed by atoms with Gasteiger partial charge in [0, 0.05) is 0 Å². The van der Waals surface area contributed by atoms with Crippen molar-refractivity contribution in [1.82, 2.24) is 0 Å². The van der Waals surface area contributed by atoms with Crippen LogP contribution in [0, 0.1) is 6.07 Å². The summed E-state index contributed by atoms with van der Waals surface area (Å²) in [5.74, 6) is 0. The van der Waals surface area contributed by atoms with Gasteiger partial charge in [-0.1, -0.05) is 68.3 Å².